The first kappa shape index (κ1) is 23.1. The molecule has 1 aromatic carbocycles. The van der Waals surface area contributed by atoms with Gasteiger partial charge in [0.05, 0.1) is 16.9 Å². The molecule has 0 aliphatic heterocycles. The lowest BCUT2D eigenvalue weighted by atomic mass is 10.2. The van der Waals surface area contributed by atoms with Gasteiger partial charge in [-0.3, -0.25) is 4.72 Å². The van der Waals surface area contributed by atoms with Crippen molar-refractivity contribution < 1.29 is 17.2 Å². The van der Waals surface area contributed by atoms with Crippen molar-refractivity contribution in [2.24, 2.45) is 5.73 Å². The lowest BCUT2D eigenvalue weighted by molar-refractivity contribution is 0.468. The molecule has 2 atom stereocenters. The van der Waals surface area contributed by atoms with Gasteiger partial charge in [-0.2, -0.15) is 4.39 Å². The Morgan fingerprint density at radius 2 is 2.00 bits per heavy atom. The van der Waals surface area contributed by atoms with Crippen LogP contribution in [0.5, 0.6) is 0 Å². The number of unbranched alkanes of at least 4 members (excludes halogenated alkanes) is 1. The van der Waals surface area contributed by atoms with E-state index in [0.717, 1.165) is 57.0 Å². The molecule has 0 amide bonds. The standard InChI is InChI=1S/C18H24ClF2N5O2S2/c19-11-8-16(30(27,28)26-18-25-10-17(21)29-18)12(20)9-15(11)24-7-2-1-6-23-14-5-3-4-13(14)22/h8-10,13-14,23-24H,1-7,22H2,(H,25,26)/t13-,14-/m1/s1. The molecule has 12 heteroatoms. The first-order valence-electron chi connectivity index (χ1n) is 9.62. The molecular weight excluding hydrogens is 456 g/mol. The van der Waals surface area contributed by atoms with E-state index < -0.39 is 25.9 Å². The van der Waals surface area contributed by atoms with Crippen molar-refractivity contribution in [3.63, 3.8) is 0 Å². The fourth-order valence-electron chi connectivity index (χ4n) is 3.34. The average molecular weight is 480 g/mol. The summed E-state index contributed by atoms with van der Waals surface area (Å²) in [6.07, 6.45) is 5.94. The number of hydrogen-bond donors (Lipinski definition) is 4. The molecule has 1 aliphatic rings. The third kappa shape index (κ3) is 6.01. The SMILES string of the molecule is N[C@@H]1CCC[C@H]1NCCCCNc1cc(F)c(S(=O)(=O)Nc2ncc(F)s2)cc1Cl. The second-order valence-electron chi connectivity index (χ2n) is 7.13. The highest BCUT2D eigenvalue weighted by atomic mass is 35.5. The summed E-state index contributed by atoms with van der Waals surface area (Å²) < 4.78 is 54.2. The number of thiazole rings is 1. The van der Waals surface area contributed by atoms with Gasteiger partial charge in [0, 0.05) is 18.6 Å². The number of anilines is 2. The van der Waals surface area contributed by atoms with Crippen molar-refractivity contribution in [2.45, 2.75) is 49.1 Å². The average Bonchev–Trinajstić information content (AvgIpc) is 3.27. The molecule has 166 valence electrons. The van der Waals surface area contributed by atoms with Gasteiger partial charge >= 0.3 is 0 Å². The number of aromatic nitrogens is 1. The molecule has 0 radical (unpaired) electrons. The highest BCUT2D eigenvalue weighted by Crippen LogP contribution is 2.30. The van der Waals surface area contributed by atoms with Crippen LogP contribution in [0.15, 0.2) is 23.2 Å². The Hall–Kier alpha value is -1.53. The Kier molecular flexibility index (Phi) is 7.86. The maximum Gasteiger partial charge on any atom is 0.266 e. The molecule has 0 bridgehead atoms. The number of hydrogen-bond acceptors (Lipinski definition) is 7. The van der Waals surface area contributed by atoms with Gasteiger partial charge in [-0.25, -0.2) is 17.8 Å². The summed E-state index contributed by atoms with van der Waals surface area (Å²) in [5.74, 6) is -0.969. The van der Waals surface area contributed by atoms with Gasteiger partial charge in [0.2, 0.25) is 0 Å². The van der Waals surface area contributed by atoms with E-state index >= 15 is 0 Å². The maximum atomic E-state index is 14.4. The monoisotopic (exact) mass is 479 g/mol. The second kappa shape index (κ2) is 10.2. The molecule has 1 aromatic heterocycles. The first-order chi connectivity index (χ1) is 14.3. The summed E-state index contributed by atoms with van der Waals surface area (Å²) in [7, 11) is -4.29. The molecule has 1 heterocycles. The number of nitrogens with zero attached hydrogens (tertiary/aromatic N) is 1. The molecule has 30 heavy (non-hydrogen) atoms. The predicted molar refractivity (Wildman–Crippen MR) is 116 cm³/mol. The number of sulfonamides is 1. The third-order valence-corrected chi connectivity index (χ3v) is 7.40. The highest BCUT2D eigenvalue weighted by molar-refractivity contribution is 7.93. The van der Waals surface area contributed by atoms with Gasteiger partial charge in [0.25, 0.3) is 10.0 Å². The summed E-state index contributed by atoms with van der Waals surface area (Å²) in [6.45, 7) is 1.41. The first-order valence-corrected chi connectivity index (χ1v) is 12.3. The fourth-order valence-corrected chi connectivity index (χ4v) is 5.51. The van der Waals surface area contributed by atoms with Crippen LogP contribution >= 0.6 is 22.9 Å². The van der Waals surface area contributed by atoms with E-state index in [-0.39, 0.29) is 16.2 Å². The van der Waals surface area contributed by atoms with Crippen LogP contribution in [-0.2, 0) is 10.0 Å². The lowest BCUT2D eigenvalue weighted by Crippen LogP contribution is -2.41. The van der Waals surface area contributed by atoms with Crippen molar-refractivity contribution in [1.29, 1.82) is 0 Å². The largest absolute Gasteiger partial charge is 0.384 e. The van der Waals surface area contributed by atoms with Crippen LogP contribution in [0.1, 0.15) is 32.1 Å². The molecule has 7 nitrogen and oxygen atoms in total. The van der Waals surface area contributed by atoms with E-state index in [0.29, 0.717) is 29.6 Å². The molecule has 1 fully saturated rings. The highest BCUT2D eigenvalue weighted by Gasteiger charge is 2.24. The van der Waals surface area contributed by atoms with Gasteiger partial charge < -0.3 is 16.4 Å². The predicted octanol–water partition coefficient (Wildman–Crippen LogP) is 3.54. The second-order valence-corrected chi connectivity index (χ2v) is 10.2. The number of halogens is 3. The van der Waals surface area contributed by atoms with Gasteiger partial charge in [-0.05, 0) is 44.4 Å². The maximum absolute atomic E-state index is 14.4. The van der Waals surface area contributed by atoms with Crippen LogP contribution in [0.4, 0.5) is 19.6 Å². The van der Waals surface area contributed by atoms with Gasteiger partial charge in [0.15, 0.2) is 10.3 Å². The van der Waals surface area contributed by atoms with E-state index in [2.05, 4.69) is 15.6 Å². The van der Waals surface area contributed by atoms with Crippen LogP contribution in [0, 0.1) is 10.9 Å². The third-order valence-electron chi connectivity index (χ3n) is 4.91. The van der Waals surface area contributed by atoms with E-state index in [1.165, 1.54) is 0 Å². The van der Waals surface area contributed by atoms with Gasteiger partial charge in [-0.1, -0.05) is 29.4 Å². The molecular formula is C18H24ClF2N5O2S2. The van der Waals surface area contributed by atoms with Crippen molar-refractivity contribution in [3.8, 4) is 0 Å². The van der Waals surface area contributed by atoms with Crippen LogP contribution < -0.4 is 21.1 Å². The Bertz CT molecular complexity index is 973. The van der Waals surface area contributed by atoms with E-state index in [4.69, 9.17) is 17.3 Å². The van der Waals surface area contributed by atoms with Crippen molar-refractivity contribution in [1.82, 2.24) is 10.3 Å². The van der Waals surface area contributed by atoms with Crippen molar-refractivity contribution in [3.05, 3.63) is 34.3 Å². The fraction of sp³-hybridized carbons (Fsp3) is 0.500. The quantitative estimate of drug-likeness (QED) is 0.388. The number of nitrogens with one attached hydrogen (secondary N) is 3. The van der Waals surface area contributed by atoms with E-state index in [9.17, 15) is 17.2 Å². The summed E-state index contributed by atoms with van der Waals surface area (Å²) in [6, 6.07) is 2.67. The Labute approximate surface area is 183 Å². The zero-order valence-electron chi connectivity index (χ0n) is 16.1. The van der Waals surface area contributed by atoms with Crippen LogP contribution in [0.2, 0.25) is 5.02 Å². The van der Waals surface area contributed by atoms with Gasteiger partial charge in [-0.15, -0.1) is 0 Å². The van der Waals surface area contributed by atoms with E-state index in [1.807, 2.05) is 4.72 Å². The zero-order valence-corrected chi connectivity index (χ0v) is 18.5. The molecule has 1 aliphatic carbocycles. The molecule has 1 saturated carbocycles. The molecule has 0 spiro atoms. The van der Waals surface area contributed by atoms with Gasteiger partial charge in [0.1, 0.15) is 10.7 Å². The minimum Gasteiger partial charge on any atom is -0.384 e. The Morgan fingerprint density at radius 3 is 2.67 bits per heavy atom. The summed E-state index contributed by atoms with van der Waals surface area (Å²) in [5.41, 5.74) is 6.33. The number of nitrogens with two attached hydrogens (primary N) is 1. The number of benzene rings is 1. The molecule has 0 unspecified atom stereocenters. The topological polar surface area (TPSA) is 109 Å². The molecule has 2 aromatic rings. The van der Waals surface area contributed by atoms with Crippen LogP contribution in [-0.4, -0.2) is 38.6 Å². The summed E-state index contributed by atoms with van der Waals surface area (Å²) in [5, 5.41) is 5.69. The number of rotatable bonds is 10. The smallest absolute Gasteiger partial charge is 0.266 e. The van der Waals surface area contributed by atoms with Crippen molar-refractivity contribution >= 4 is 43.8 Å². The summed E-state index contributed by atoms with van der Waals surface area (Å²) in [4.78, 5) is 2.93. The van der Waals surface area contributed by atoms with Crippen LogP contribution in [0.25, 0.3) is 0 Å². The Balaban J connectivity index is 1.51. The lowest BCUT2D eigenvalue weighted by Gasteiger charge is -2.17. The Morgan fingerprint density at radius 1 is 1.23 bits per heavy atom. The molecule has 3 rings (SSSR count). The van der Waals surface area contributed by atoms with E-state index in [1.54, 1.807) is 0 Å². The normalized spacial score (nSPS) is 19.2. The minimum absolute atomic E-state index is 0.0668. The minimum atomic E-state index is -4.29. The van der Waals surface area contributed by atoms with Crippen LogP contribution in [0.3, 0.4) is 0 Å². The molecule has 5 N–H and O–H groups in total. The zero-order chi connectivity index (χ0) is 21.7. The molecule has 0 saturated heterocycles. The summed E-state index contributed by atoms with van der Waals surface area (Å²) >= 11 is 6.64. The van der Waals surface area contributed by atoms with Crippen molar-refractivity contribution in [2.75, 3.05) is 23.1 Å².